The Hall–Kier alpha value is -2.57. The molecule has 0 bridgehead atoms. The molecule has 148 valence electrons. The average molecular weight is 403 g/mol. The van der Waals surface area contributed by atoms with Gasteiger partial charge in [-0.05, 0) is 49.7 Å². The Morgan fingerprint density at radius 2 is 1.86 bits per heavy atom. The molecule has 0 radical (unpaired) electrons. The number of carbonyl (C=O) groups excluding carboxylic acids is 2. The fourth-order valence-corrected chi connectivity index (χ4v) is 3.17. The summed E-state index contributed by atoms with van der Waals surface area (Å²) in [5.41, 5.74) is 3.12. The number of hydrogen-bond acceptors (Lipinski definition) is 5. The lowest BCUT2D eigenvalue weighted by molar-refractivity contribution is 0.0526. The van der Waals surface area contributed by atoms with Crippen LogP contribution >= 0.6 is 11.6 Å². The number of aryl methyl sites for hydroxylation is 1. The predicted octanol–water partition coefficient (Wildman–Crippen LogP) is 3.91. The number of halogens is 1. The molecule has 0 aromatic heterocycles. The molecule has 0 atom stereocenters. The summed E-state index contributed by atoms with van der Waals surface area (Å²) in [7, 11) is 0. The van der Waals surface area contributed by atoms with Crippen LogP contribution in [0.25, 0.3) is 0 Å². The molecule has 2 aromatic carbocycles. The standard InChI is InChI=1S/C21H23ClN2O4/c1-3-28-21(26)16-6-7-19(24-8-10-27-11-9-24)18(13-16)23-20(25)15-5-4-14(2)17(22)12-15/h4-7,12-13H,3,8-11H2,1-2H3,(H,23,25). The van der Waals surface area contributed by atoms with Crippen molar-refractivity contribution in [3.8, 4) is 0 Å². The van der Waals surface area contributed by atoms with E-state index in [-0.39, 0.29) is 12.5 Å². The number of esters is 1. The number of ether oxygens (including phenoxy) is 2. The number of hydrogen-bond donors (Lipinski definition) is 1. The summed E-state index contributed by atoms with van der Waals surface area (Å²) in [6.45, 7) is 6.55. The molecular formula is C21H23ClN2O4. The third kappa shape index (κ3) is 4.64. The number of anilines is 2. The van der Waals surface area contributed by atoms with Crippen LogP contribution in [-0.2, 0) is 9.47 Å². The molecule has 1 aliphatic rings. The van der Waals surface area contributed by atoms with E-state index < -0.39 is 5.97 Å². The van der Waals surface area contributed by atoms with Crippen LogP contribution in [0.4, 0.5) is 11.4 Å². The monoisotopic (exact) mass is 402 g/mol. The van der Waals surface area contributed by atoms with Gasteiger partial charge in [-0.3, -0.25) is 4.79 Å². The van der Waals surface area contributed by atoms with E-state index in [0.29, 0.717) is 48.1 Å². The SMILES string of the molecule is CCOC(=O)c1ccc(N2CCOCC2)c(NC(=O)c2ccc(C)c(Cl)c2)c1. The van der Waals surface area contributed by atoms with E-state index in [1.807, 2.05) is 13.0 Å². The van der Waals surface area contributed by atoms with Gasteiger partial charge in [0.2, 0.25) is 0 Å². The topological polar surface area (TPSA) is 67.9 Å². The summed E-state index contributed by atoms with van der Waals surface area (Å²) in [6.07, 6.45) is 0. The molecule has 2 aromatic rings. The third-order valence-electron chi connectivity index (χ3n) is 4.54. The molecule has 0 spiro atoms. The predicted molar refractivity (Wildman–Crippen MR) is 110 cm³/mol. The molecule has 7 heteroatoms. The van der Waals surface area contributed by atoms with Crippen LogP contribution in [0.3, 0.4) is 0 Å². The highest BCUT2D eigenvalue weighted by Crippen LogP contribution is 2.29. The van der Waals surface area contributed by atoms with Crippen LogP contribution in [0.15, 0.2) is 36.4 Å². The Balaban J connectivity index is 1.92. The van der Waals surface area contributed by atoms with Crippen LogP contribution in [0.1, 0.15) is 33.2 Å². The minimum absolute atomic E-state index is 0.285. The lowest BCUT2D eigenvalue weighted by Crippen LogP contribution is -2.36. The van der Waals surface area contributed by atoms with Crippen molar-refractivity contribution in [2.45, 2.75) is 13.8 Å². The number of nitrogens with zero attached hydrogens (tertiary/aromatic N) is 1. The highest BCUT2D eigenvalue weighted by molar-refractivity contribution is 6.31. The van der Waals surface area contributed by atoms with Crippen molar-refractivity contribution in [3.63, 3.8) is 0 Å². The maximum atomic E-state index is 12.8. The summed E-state index contributed by atoms with van der Waals surface area (Å²) in [4.78, 5) is 27.0. The number of carbonyl (C=O) groups is 2. The smallest absolute Gasteiger partial charge is 0.338 e. The summed E-state index contributed by atoms with van der Waals surface area (Å²) in [5.74, 6) is -0.720. The molecule has 1 N–H and O–H groups in total. The normalized spacial score (nSPS) is 13.9. The fraction of sp³-hybridized carbons (Fsp3) is 0.333. The van der Waals surface area contributed by atoms with E-state index in [2.05, 4.69) is 10.2 Å². The second-order valence-electron chi connectivity index (χ2n) is 6.47. The molecule has 0 aliphatic carbocycles. The van der Waals surface area contributed by atoms with Crippen LogP contribution in [-0.4, -0.2) is 44.8 Å². The number of morpholine rings is 1. The highest BCUT2D eigenvalue weighted by atomic mass is 35.5. The van der Waals surface area contributed by atoms with Crippen LogP contribution in [0.5, 0.6) is 0 Å². The zero-order valence-corrected chi connectivity index (χ0v) is 16.7. The van der Waals surface area contributed by atoms with Crippen molar-refractivity contribution in [1.29, 1.82) is 0 Å². The number of nitrogens with one attached hydrogen (secondary N) is 1. The average Bonchev–Trinajstić information content (AvgIpc) is 2.70. The quantitative estimate of drug-likeness (QED) is 0.768. The van der Waals surface area contributed by atoms with E-state index >= 15 is 0 Å². The maximum absolute atomic E-state index is 12.8. The molecule has 28 heavy (non-hydrogen) atoms. The zero-order chi connectivity index (χ0) is 20.1. The largest absolute Gasteiger partial charge is 0.462 e. The Bertz CT molecular complexity index is 879. The molecule has 1 fully saturated rings. The second kappa shape index (κ2) is 9.08. The van der Waals surface area contributed by atoms with E-state index in [1.165, 1.54) is 0 Å². The molecule has 6 nitrogen and oxygen atoms in total. The van der Waals surface area contributed by atoms with E-state index in [1.54, 1.807) is 37.3 Å². The summed E-state index contributed by atoms with van der Waals surface area (Å²) in [5, 5.41) is 3.45. The van der Waals surface area contributed by atoms with Crippen molar-refractivity contribution in [2.24, 2.45) is 0 Å². The van der Waals surface area contributed by atoms with Gasteiger partial charge in [0.1, 0.15) is 0 Å². The first kappa shape index (κ1) is 20.2. The van der Waals surface area contributed by atoms with Gasteiger partial charge >= 0.3 is 5.97 Å². The summed E-state index contributed by atoms with van der Waals surface area (Å²) < 4.78 is 10.5. The minimum Gasteiger partial charge on any atom is -0.462 e. The molecule has 0 unspecified atom stereocenters. The molecule has 0 saturated carbocycles. The molecule has 3 rings (SSSR count). The lowest BCUT2D eigenvalue weighted by Gasteiger charge is -2.30. The van der Waals surface area contributed by atoms with Gasteiger partial charge in [-0.25, -0.2) is 4.79 Å². The Morgan fingerprint density at radius 3 is 2.54 bits per heavy atom. The van der Waals surface area contributed by atoms with E-state index in [4.69, 9.17) is 21.1 Å². The van der Waals surface area contributed by atoms with Crippen LogP contribution < -0.4 is 10.2 Å². The van der Waals surface area contributed by atoms with Crippen LogP contribution in [0, 0.1) is 6.92 Å². The van der Waals surface area contributed by atoms with Crippen molar-refractivity contribution in [3.05, 3.63) is 58.1 Å². The number of amides is 1. The first-order chi connectivity index (χ1) is 13.5. The van der Waals surface area contributed by atoms with Gasteiger partial charge < -0.3 is 19.7 Å². The summed E-state index contributed by atoms with van der Waals surface area (Å²) in [6, 6.07) is 10.3. The first-order valence-corrected chi connectivity index (χ1v) is 9.58. The van der Waals surface area contributed by atoms with E-state index in [9.17, 15) is 9.59 Å². The van der Waals surface area contributed by atoms with Gasteiger partial charge in [-0.2, -0.15) is 0 Å². The van der Waals surface area contributed by atoms with Gasteiger partial charge in [0.05, 0.1) is 36.8 Å². The van der Waals surface area contributed by atoms with E-state index in [0.717, 1.165) is 11.3 Å². The first-order valence-electron chi connectivity index (χ1n) is 9.21. The Labute approximate surface area is 169 Å². The third-order valence-corrected chi connectivity index (χ3v) is 4.95. The molecule has 1 saturated heterocycles. The lowest BCUT2D eigenvalue weighted by atomic mass is 10.1. The molecule has 1 heterocycles. The molecular weight excluding hydrogens is 380 g/mol. The van der Waals surface area contributed by atoms with Crippen molar-refractivity contribution in [1.82, 2.24) is 0 Å². The summed E-state index contributed by atoms with van der Waals surface area (Å²) >= 11 is 6.15. The fourth-order valence-electron chi connectivity index (χ4n) is 2.99. The van der Waals surface area contributed by atoms with Gasteiger partial charge in [0.25, 0.3) is 5.91 Å². The van der Waals surface area contributed by atoms with Crippen LogP contribution in [0.2, 0.25) is 5.02 Å². The molecule has 1 aliphatic heterocycles. The van der Waals surface area contributed by atoms with Crippen molar-refractivity contribution < 1.29 is 19.1 Å². The highest BCUT2D eigenvalue weighted by Gasteiger charge is 2.19. The Morgan fingerprint density at radius 1 is 1.14 bits per heavy atom. The minimum atomic E-state index is -0.426. The van der Waals surface area contributed by atoms with Crippen molar-refractivity contribution in [2.75, 3.05) is 43.1 Å². The van der Waals surface area contributed by atoms with Crippen molar-refractivity contribution >= 4 is 34.9 Å². The number of rotatable bonds is 5. The Kier molecular flexibility index (Phi) is 6.54. The van der Waals surface area contributed by atoms with Gasteiger partial charge in [0.15, 0.2) is 0 Å². The second-order valence-corrected chi connectivity index (χ2v) is 6.88. The maximum Gasteiger partial charge on any atom is 0.338 e. The zero-order valence-electron chi connectivity index (χ0n) is 16.0. The molecule has 1 amide bonds. The van der Waals surface area contributed by atoms with Gasteiger partial charge in [-0.15, -0.1) is 0 Å². The van der Waals surface area contributed by atoms with Gasteiger partial charge in [0, 0.05) is 23.7 Å². The number of benzene rings is 2. The van der Waals surface area contributed by atoms with Gasteiger partial charge in [-0.1, -0.05) is 17.7 Å².